The van der Waals surface area contributed by atoms with Gasteiger partial charge in [-0.2, -0.15) is 0 Å². The number of aryl methyl sites for hydroxylation is 2. The Morgan fingerprint density at radius 2 is 0.973 bits per heavy atom. The molecule has 2 aromatic heterocycles. The smallest absolute Gasteiger partial charge is 0.261 e. The van der Waals surface area contributed by atoms with E-state index in [2.05, 4.69) is 16.0 Å². The Labute approximate surface area is 215 Å². The van der Waals surface area contributed by atoms with Crippen molar-refractivity contribution < 1.29 is 23.5 Å². The van der Waals surface area contributed by atoms with Gasteiger partial charge in [-0.1, -0.05) is 0 Å². The maximum absolute atomic E-state index is 12.7. The number of carbonyl (C=O) groups excluding carboxylic acids is 3. The van der Waals surface area contributed by atoms with Crippen molar-refractivity contribution in [2.45, 2.75) is 26.9 Å². The molecule has 3 N–H and O–H groups in total. The fourth-order valence-corrected chi connectivity index (χ4v) is 3.67. The Bertz CT molecular complexity index is 1420. The largest absolute Gasteiger partial charge is 0.322 e. The summed E-state index contributed by atoms with van der Waals surface area (Å²) in [6.07, 6.45) is 7.49. The SMILES string of the molecule is CC[n+]1cccc(NC(=O)c2ccc(NC(=O)c3ccc(NC(=O)c4ccc[n+](CC)c4)cc3)cc2)c1. The van der Waals surface area contributed by atoms with Crippen LogP contribution in [0, 0.1) is 0 Å². The second-order valence-corrected chi connectivity index (χ2v) is 8.36. The van der Waals surface area contributed by atoms with Crippen LogP contribution in [0.1, 0.15) is 44.9 Å². The van der Waals surface area contributed by atoms with Gasteiger partial charge in [0, 0.05) is 34.6 Å². The van der Waals surface area contributed by atoms with Gasteiger partial charge in [-0.15, -0.1) is 0 Å². The Hall–Kier alpha value is -4.85. The van der Waals surface area contributed by atoms with Crippen LogP contribution in [0.2, 0.25) is 0 Å². The van der Waals surface area contributed by atoms with E-state index in [-0.39, 0.29) is 17.7 Å². The first-order chi connectivity index (χ1) is 17.9. The van der Waals surface area contributed by atoms with Gasteiger partial charge in [0.2, 0.25) is 0 Å². The summed E-state index contributed by atoms with van der Waals surface area (Å²) < 4.78 is 3.89. The van der Waals surface area contributed by atoms with Crippen molar-refractivity contribution in [3.05, 3.63) is 114 Å². The molecule has 0 unspecified atom stereocenters. The fourth-order valence-electron chi connectivity index (χ4n) is 3.67. The first kappa shape index (κ1) is 25.2. The summed E-state index contributed by atoms with van der Waals surface area (Å²) >= 11 is 0. The molecular formula is C29H29N5O3+2. The highest BCUT2D eigenvalue weighted by atomic mass is 16.2. The lowest BCUT2D eigenvalue weighted by Crippen LogP contribution is -2.32. The van der Waals surface area contributed by atoms with E-state index >= 15 is 0 Å². The molecular weight excluding hydrogens is 466 g/mol. The molecule has 0 bridgehead atoms. The summed E-state index contributed by atoms with van der Waals surface area (Å²) in [4.78, 5) is 37.8. The summed E-state index contributed by atoms with van der Waals surface area (Å²) in [6.45, 7) is 5.61. The number of hydrogen-bond donors (Lipinski definition) is 3. The van der Waals surface area contributed by atoms with Crippen LogP contribution in [0.15, 0.2) is 97.6 Å². The van der Waals surface area contributed by atoms with Gasteiger partial charge in [-0.25, -0.2) is 9.13 Å². The van der Waals surface area contributed by atoms with E-state index in [1.54, 1.807) is 60.8 Å². The van der Waals surface area contributed by atoms with Crippen molar-refractivity contribution in [3.8, 4) is 0 Å². The second kappa shape index (κ2) is 11.7. The van der Waals surface area contributed by atoms with Crippen molar-refractivity contribution in [1.29, 1.82) is 0 Å². The van der Waals surface area contributed by atoms with Gasteiger partial charge in [0.05, 0.1) is 0 Å². The van der Waals surface area contributed by atoms with Crippen LogP contribution < -0.4 is 25.1 Å². The summed E-state index contributed by atoms with van der Waals surface area (Å²) in [7, 11) is 0. The van der Waals surface area contributed by atoms with Crippen molar-refractivity contribution >= 4 is 34.8 Å². The molecule has 4 aromatic rings. The summed E-state index contributed by atoms with van der Waals surface area (Å²) in [6, 6.07) is 20.6. The van der Waals surface area contributed by atoms with Crippen LogP contribution in [-0.2, 0) is 13.1 Å². The highest BCUT2D eigenvalue weighted by Crippen LogP contribution is 2.15. The third kappa shape index (κ3) is 6.64. The standard InChI is InChI=1S/C29H27N5O3/c1-3-33-17-5-7-23(19-33)29(37)31-25-15-9-21(10-16-25)27(35)30-24-13-11-22(12-14-24)28(36)32-26-8-6-18-34(4-2)20-26/h5-20H,3-4H2,1-2H3,(H-2,30,31,32,35,36,37)/p+2. The van der Waals surface area contributed by atoms with Crippen LogP contribution in [0.4, 0.5) is 17.1 Å². The van der Waals surface area contributed by atoms with E-state index in [1.165, 1.54) is 0 Å². The van der Waals surface area contributed by atoms with E-state index in [9.17, 15) is 14.4 Å². The van der Waals surface area contributed by atoms with Crippen LogP contribution >= 0.6 is 0 Å². The average molecular weight is 496 g/mol. The zero-order valence-corrected chi connectivity index (χ0v) is 20.8. The van der Waals surface area contributed by atoms with Crippen LogP contribution in [-0.4, -0.2) is 17.7 Å². The molecule has 0 saturated heterocycles. The minimum Gasteiger partial charge on any atom is -0.322 e. The maximum Gasteiger partial charge on any atom is 0.261 e. The van der Waals surface area contributed by atoms with E-state index < -0.39 is 0 Å². The van der Waals surface area contributed by atoms with Crippen molar-refractivity contribution in [3.63, 3.8) is 0 Å². The van der Waals surface area contributed by atoms with Gasteiger partial charge in [-0.3, -0.25) is 14.4 Å². The normalized spacial score (nSPS) is 10.4. The zero-order chi connectivity index (χ0) is 26.2. The second-order valence-electron chi connectivity index (χ2n) is 8.36. The van der Waals surface area contributed by atoms with Crippen LogP contribution in [0.3, 0.4) is 0 Å². The van der Waals surface area contributed by atoms with Crippen molar-refractivity contribution in [2.75, 3.05) is 16.0 Å². The third-order valence-electron chi connectivity index (χ3n) is 5.78. The first-order valence-corrected chi connectivity index (χ1v) is 12.1. The number of amides is 3. The predicted octanol–water partition coefficient (Wildman–Crippen LogP) is 4.06. The number of hydrogen-bond acceptors (Lipinski definition) is 3. The predicted molar refractivity (Wildman–Crippen MR) is 141 cm³/mol. The Balaban J connectivity index is 1.33. The average Bonchev–Trinajstić information content (AvgIpc) is 2.94. The lowest BCUT2D eigenvalue weighted by atomic mass is 10.1. The molecule has 8 heteroatoms. The molecule has 0 aliphatic rings. The summed E-state index contributed by atoms with van der Waals surface area (Å²) in [5.74, 6) is -0.749. The van der Waals surface area contributed by atoms with Gasteiger partial charge >= 0.3 is 0 Å². The lowest BCUT2D eigenvalue weighted by Gasteiger charge is -2.09. The van der Waals surface area contributed by atoms with Gasteiger partial charge in [-0.05, 0) is 74.5 Å². The van der Waals surface area contributed by atoms with Gasteiger partial charge in [0.15, 0.2) is 24.8 Å². The van der Waals surface area contributed by atoms with E-state index in [1.807, 2.05) is 59.8 Å². The molecule has 0 fully saturated rings. The Morgan fingerprint density at radius 3 is 1.49 bits per heavy atom. The zero-order valence-electron chi connectivity index (χ0n) is 20.8. The van der Waals surface area contributed by atoms with E-state index in [0.717, 1.165) is 13.1 Å². The number of benzene rings is 2. The van der Waals surface area contributed by atoms with Gasteiger partial charge in [0.25, 0.3) is 17.7 Å². The molecule has 37 heavy (non-hydrogen) atoms. The minimum atomic E-state index is -0.296. The van der Waals surface area contributed by atoms with Crippen molar-refractivity contribution in [2.24, 2.45) is 0 Å². The molecule has 0 aliphatic heterocycles. The topological polar surface area (TPSA) is 95.1 Å². The molecule has 186 valence electrons. The number of nitrogens with one attached hydrogen (secondary N) is 3. The fraction of sp³-hybridized carbons (Fsp3) is 0.138. The Kier molecular flexibility index (Phi) is 8.00. The molecule has 8 nitrogen and oxygen atoms in total. The highest BCUT2D eigenvalue weighted by Gasteiger charge is 2.12. The molecule has 0 radical (unpaired) electrons. The number of nitrogens with zero attached hydrogens (tertiary/aromatic N) is 2. The monoisotopic (exact) mass is 495 g/mol. The first-order valence-electron chi connectivity index (χ1n) is 12.1. The van der Waals surface area contributed by atoms with Gasteiger partial charge in [0.1, 0.15) is 24.3 Å². The molecule has 3 amide bonds. The molecule has 2 aromatic carbocycles. The highest BCUT2D eigenvalue weighted by molar-refractivity contribution is 6.07. The quantitative estimate of drug-likeness (QED) is 0.322. The van der Waals surface area contributed by atoms with Crippen molar-refractivity contribution in [1.82, 2.24) is 0 Å². The lowest BCUT2D eigenvalue weighted by molar-refractivity contribution is -0.693. The molecule has 0 atom stereocenters. The van der Waals surface area contributed by atoms with Crippen LogP contribution in [0.25, 0.3) is 0 Å². The number of rotatable bonds is 8. The van der Waals surface area contributed by atoms with E-state index in [0.29, 0.717) is 33.8 Å². The summed E-state index contributed by atoms with van der Waals surface area (Å²) in [5.41, 5.74) is 3.34. The number of aromatic nitrogens is 2. The molecule has 0 aliphatic carbocycles. The third-order valence-corrected chi connectivity index (χ3v) is 5.78. The number of carbonyl (C=O) groups is 3. The van der Waals surface area contributed by atoms with E-state index in [4.69, 9.17) is 0 Å². The van der Waals surface area contributed by atoms with Crippen LogP contribution in [0.5, 0.6) is 0 Å². The summed E-state index contributed by atoms with van der Waals surface area (Å²) in [5, 5.41) is 8.54. The molecule has 4 rings (SSSR count). The maximum atomic E-state index is 12.7. The van der Waals surface area contributed by atoms with Gasteiger partial charge < -0.3 is 16.0 Å². The molecule has 0 spiro atoms. The Morgan fingerprint density at radius 1 is 0.541 bits per heavy atom. The molecule has 0 saturated carbocycles. The molecule has 2 heterocycles. The number of anilines is 3. The minimum absolute atomic E-state index is 0.221. The number of pyridine rings is 2.